The summed E-state index contributed by atoms with van der Waals surface area (Å²) in [4.78, 5) is 14.0. The molecule has 1 heterocycles. The van der Waals surface area contributed by atoms with Crippen molar-refractivity contribution in [3.8, 4) is 0 Å². The summed E-state index contributed by atoms with van der Waals surface area (Å²) in [5.41, 5.74) is 0.848. The maximum atomic E-state index is 12.1. The van der Waals surface area contributed by atoms with Crippen molar-refractivity contribution in [1.82, 2.24) is 10.2 Å². The van der Waals surface area contributed by atoms with E-state index in [1.54, 1.807) is 0 Å². The van der Waals surface area contributed by atoms with Gasteiger partial charge < -0.3 is 15.5 Å². The second-order valence-corrected chi connectivity index (χ2v) is 4.74. The number of carbonyl (C=O) groups is 1. The molecule has 1 saturated heterocycles. The first-order valence-corrected chi connectivity index (χ1v) is 6.57. The van der Waals surface area contributed by atoms with E-state index in [9.17, 15) is 4.79 Å². The highest BCUT2D eigenvalue weighted by molar-refractivity contribution is 5.89. The van der Waals surface area contributed by atoms with Gasteiger partial charge in [0.25, 0.3) is 0 Å². The highest BCUT2D eigenvalue weighted by atomic mass is 16.2. The quantitative estimate of drug-likeness (QED) is 0.842. The molecule has 4 heteroatoms. The molecule has 0 saturated carbocycles. The van der Waals surface area contributed by atoms with Gasteiger partial charge in [-0.3, -0.25) is 0 Å². The van der Waals surface area contributed by atoms with E-state index in [4.69, 9.17) is 0 Å². The van der Waals surface area contributed by atoms with E-state index in [0.717, 1.165) is 38.0 Å². The summed E-state index contributed by atoms with van der Waals surface area (Å²) in [5.74, 6) is 0. The van der Waals surface area contributed by atoms with Crippen LogP contribution in [0.2, 0.25) is 0 Å². The van der Waals surface area contributed by atoms with Gasteiger partial charge in [-0.1, -0.05) is 18.2 Å². The lowest BCUT2D eigenvalue weighted by atomic mass is 10.1. The normalized spacial score (nSPS) is 19.9. The van der Waals surface area contributed by atoms with Crippen LogP contribution in [-0.4, -0.2) is 37.1 Å². The molecule has 1 aliphatic rings. The second-order valence-electron chi connectivity index (χ2n) is 4.74. The van der Waals surface area contributed by atoms with Crippen molar-refractivity contribution in [2.24, 2.45) is 0 Å². The molecule has 0 radical (unpaired) electrons. The predicted octanol–water partition coefficient (Wildman–Crippen LogP) is 2.29. The van der Waals surface area contributed by atoms with Crippen LogP contribution in [0.25, 0.3) is 0 Å². The number of rotatable bonds is 2. The number of anilines is 1. The molecule has 0 aromatic heterocycles. The van der Waals surface area contributed by atoms with Crippen molar-refractivity contribution in [2.45, 2.75) is 25.3 Å². The number of urea groups is 1. The van der Waals surface area contributed by atoms with Crippen LogP contribution in [0.1, 0.15) is 19.3 Å². The Balaban J connectivity index is 1.91. The molecule has 1 unspecified atom stereocenters. The fourth-order valence-corrected chi connectivity index (χ4v) is 2.29. The van der Waals surface area contributed by atoms with Crippen LogP contribution in [-0.2, 0) is 0 Å². The average molecular weight is 247 g/mol. The van der Waals surface area contributed by atoms with Crippen LogP contribution < -0.4 is 10.6 Å². The topological polar surface area (TPSA) is 44.4 Å². The van der Waals surface area contributed by atoms with Gasteiger partial charge in [0.2, 0.25) is 0 Å². The number of para-hydroxylation sites is 1. The molecule has 0 bridgehead atoms. The van der Waals surface area contributed by atoms with Gasteiger partial charge in [0, 0.05) is 18.8 Å². The van der Waals surface area contributed by atoms with E-state index in [0.29, 0.717) is 6.04 Å². The number of benzene rings is 1. The lowest BCUT2D eigenvalue weighted by Crippen LogP contribution is -2.40. The lowest BCUT2D eigenvalue weighted by Gasteiger charge is -2.27. The van der Waals surface area contributed by atoms with E-state index < -0.39 is 0 Å². The maximum Gasteiger partial charge on any atom is 0.321 e. The number of nitrogens with zero attached hydrogens (tertiary/aromatic N) is 1. The van der Waals surface area contributed by atoms with E-state index in [-0.39, 0.29) is 6.03 Å². The van der Waals surface area contributed by atoms with Crippen LogP contribution >= 0.6 is 0 Å². The van der Waals surface area contributed by atoms with E-state index in [2.05, 4.69) is 10.6 Å². The molecular formula is C14H21N3O. The summed E-state index contributed by atoms with van der Waals surface area (Å²) in [6.07, 6.45) is 3.23. The van der Waals surface area contributed by atoms with E-state index in [1.165, 1.54) is 0 Å². The molecule has 18 heavy (non-hydrogen) atoms. The maximum absolute atomic E-state index is 12.1. The van der Waals surface area contributed by atoms with Crippen LogP contribution in [0.15, 0.2) is 30.3 Å². The van der Waals surface area contributed by atoms with Gasteiger partial charge in [0.05, 0.1) is 0 Å². The number of nitrogens with one attached hydrogen (secondary N) is 2. The molecule has 4 nitrogen and oxygen atoms in total. The third-order valence-electron chi connectivity index (χ3n) is 3.44. The minimum absolute atomic E-state index is 0.0203. The minimum atomic E-state index is -0.0203. The highest BCUT2D eigenvalue weighted by Crippen LogP contribution is 2.14. The Bertz CT molecular complexity index is 372. The summed E-state index contributed by atoms with van der Waals surface area (Å²) < 4.78 is 0. The largest absolute Gasteiger partial charge is 0.325 e. The first-order chi connectivity index (χ1) is 8.77. The first-order valence-electron chi connectivity index (χ1n) is 6.57. The van der Waals surface area contributed by atoms with Crippen molar-refractivity contribution < 1.29 is 4.79 Å². The number of amides is 2. The van der Waals surface area contributed by atoms with Gasteiger partial charge in [-0.25, -0.2) is 4.79 Å². The molecule has 1 aromatic rings. The molecule has 1 aromatic carbocycles. The Morgan fingerprint density at radius 2 is 2.06 bits per heavy atom. The lowest BCUT2D eigenvalue weighted by molar-refractivity contribution is 0.198. The summed E-state index contributed by atoms with van der Waals surface area (Å²) in [6, 6.07) is 9.91. The summed E-state index contributed by atoms with van der Waals surface area (Å²) in [5, 5.41) is 6.29. The molecule has 1 aliphatic heterocycles. The molecule has 2 N–H and O–H groups in total. The summed E-state index contributed by atoms with van der Waals surface area (Å²) in [6.45, 7) is 2.05. The van der Waals surface area contributed by atoms with E-state index in [1.807, 2.05) is 42.3 Å². The molecule has 0 spiro atoms. The monoisotopic (exact) mass is 247 g/mol. The van der Waals surface area contributed by atoms with Crippen LogP contribution in [0, 0.1) is 0 Å². The molecule has 98 valence electrons. The van der Waals surface area contributed by atoms with Gasteiger partial charge in [-0.2, -0.15) is 0 Å². The van der Waals surface area contributed by atoms with Crippen molar-refractivity contribution in [2.75, 3.05) is 25.5 Å². The van der Waals surface area contributed by atoms with Crippen molar-refractivity contribution >= 4 is 11.7 Å². The Labute approximate surface area is 108 Å². The fourth-order valence-electron chi connectivity index (χ4n) is 2.29. The van der Waals surface area contributed by atoms with E-state index >= 15 is 0 Å². The zero-order valence-electron chi connectivity index (χ0n) is 10.9. The molecule has 2 rings (SSSR count). The van der Waals surface area contributed by atoms with Gasteiger partial charge in [-0.05, 0) is 44.5 Å². The summed E-state index contributed by atoms with van der Waals surface area (Å²) in [7, 11) is 1.88. The number of carbonyl (C=O) groups excluding carboxylic acids is 1. The predicted molar refractivity (Wildman–Crippen MR) is 73.7 cm³/mol. The van der Waals surface area contributed by atoms with Crippen molar-refractivity contribution in [3.05, 3.63) is 30.3 Å². The Morgan fingerprint density at radius 3 is 2.83 bits per heavy atom. The third kappa shape index (κ3) is 3.47. The summed E-state index contributed by atoms with van der Waals surface area (Å²) >= 11 is 0. The minimum Gasteiger partial charge on any atom is -0.325 e. The highest BCUT2D eigenvalue weighted by Gasteiger charge is 2.20. The smallest absolute Gasteiger partial charge is 0.321 e. The SMILES string of the molecule is CN(C(=O)Nc1ccccc1)C1CCCNCC1. The Kier molecular flexibility index (Phi) is 4.59. The zero-order chi connectivity index (χ0) is 12.8. The Hall–Kier alpha value is -1.55. The van der Waals surface area contributed by atoms with Crippen molar-refractivity contribution in [1.29, 1.82) is 0 Å². The zero-order valence-corrected chi connectivity index (χ0v) is 10.9. The van der Waals surface area contributed by atoms with Gasteiger partial charge in [-0.15, -0.1) is 0 Å². The molecule has 1 fully saturated rings. The molecule has 2 amide bonds. The standard InChI is InChI=1S/C14H21N3O/c1-17(13-8-5-10-15-11-9-13)14(18)16-12-6-3-2-4-7-12/h2-4,6-7,13,15H,5,8-11H2,1H3,(H,16,18). The first kappa shape index (κ1) is 12.9. The molecular weight excluding hydrogens is 226 g/mol. The molecule has 0 aliphatic carbocycles. The number of hydrogen-bond donors (Lipinski definition) is 2. The average Bonchev–Trinajstić information content (AvgIpc) is 2.68. The van der Waals surface area contributed by atoms with Crippen molar-refractivity contribution in [3.63, 3.8) is 0 Å². The third-order valence-corrected chi connectivity index (χ3v) is 3.44. The number of hydrogen-bond acceptors (Lipinski definition) is 2. The fraction of sp³-hybridized carbons (Fsp3) is 0.500. The van der Waals surface area contributed by atoms with Crippen LogP contribution in [0.3, 0.4) is 0 Å². The van der Waals surface area contributed by atoms with Crippen LogP contribution in [0.4, 0.5) is 10.5 Å². The van der Waals surface area contributed by atoms with Gasteiger partial charge in [0.15, 0.2) is 0 Å². The molecule has 1 atom stereocenters. The van der Waals surface area contributed by atoms with Gasteiger partial charge >= 0.3 is 6.03 Å². The second kappa shape index (κ2) is 6.40. The Morgan fingerprint density at radius 1 is 1.28 bits per heavy atom. The van der Waals surface area contributed by atoms with Gasteiger partial charge in [0.1, 0.15) is 0 Å². The van der Waals surface area contributed by atoms with Crippen LogP contribution in [0.5, 0.6) is 0 Å².